The number of hydrogen-bond donors (Lipinski definition) is 1. The topological polar surface area (TPSA) is 62.4 Å². The number of esters is 1. The van der Waals surface area contributed by atoms with E-state index < -0.39 is 5.97 Å². The van der Waals surface area contributed by atoms with Gasteiger partial charge in [0.1, 0.15) is 0 Å². The molecule has 0 amide bonds. The second-order valence-corrected chi connectivity index (χ2v) is 9.14. The minimum atomic E-state index is -0.412. The number of H-pyrrole nitrogens is 1. The highest BCUT2D eigenvalue weighted by atomic mass is 16.5. The van der Waals surface area contributed by atoms with Crippen LogP contribution in [-0.4, -0.2) is 47.9 Å². The van der Waals surface area contributed by atoms with E-state index in [1.807, 2.05) is 32.0 Å². The van der Waals surface area contributed by atoms with Crippen molar-refractivity contribution in [3.05, 3.63) is 70.4 Å². The molecule has 5 heteroatoms. The molecule has 1 N–H and O–H groups in total. The van der Waals surface area contributed by atoms with E-state index in [1.54, 1.807) is 0 Å². The molecule has 1 aromatic heterocycles. The third kappa shape index (κ3) is 3.37. The molecule has 3 atom stereocenters. The Morgan fingerprint density at radius 2 is 1.87 bits per heavy atom. The number of fused-ring (bicyclic) bond motifs is 2. The van der Waals surface area contributed by atoms with Crippen LogP contribution in [0.25, 0.3) is 10.9 Å². The van der Waals surface area contributed by atoms with Crippen LogP contribution in [0.1, 0.15) is 45.0 Å². The molecule has 0 saturated carbocycles. The van der Waals surface area contributed by atoms with Crippen molar-refractivity contribution in [1.82, 2.24) is 9.88 Å². The molecule has 0 bridgehead atoms. The van der Waals surface area contributed by atoms with Crippen LogP contribution in [0.5, 0.6) is 0 Å². The lowest BCUT2D eigenvalue weighted by atomic mass is 9.72. The molecule has 1 fully saturated rings. The summed E-state index contributed by atoms with van der Waals surface area (Å²) in [6.07, 6.45) is 3.93. The summed E-state index contributed by atoms with van der Waals surface area (Å²) in [6.45, 7) is 4.32. The molecule has 3 aromatic rings. The summed E-state index contributed by atoms with van der Waals surface area (Å²) in [4.78, 5) is 31.4. The van der Waals surface area contributed by atoms with Crippen LogP contribution >= 0.6 is 0 Å². The molecule has 2 heterocycles. The molecule has 2 aliphatic rings. The molecule has 1 saturated heterocycles. The number of carbonyl (C=O) groups excluding carboxylic acids is 2. The van der Waals surface area contributed by atoms with Crippen LogP contribution in [0.15, 0.2) is 42.6 Å². The molecule has 1 aliphatic carbocycles. The average Bonchev–Trinajstić information content (AvgIpc) is 3.17. The Bertz CT molecular complexity index is 1160. The van der Waals surface area contributed by atoms with Crippen LogP contribution in [-0.2, 0) is 16.0 Å². The zero-order valence-corrected chi connectivity index (χ0v) is 18.3. The smallest absolute Gasteiger partial charge is 0.339 e. The number of aromatic nitrogens is 1. The van der Waals surface area contributed by atoms with Gasteiger partial charge in [0, 0.05) is 41.5 Å². The van der Waals surface area contributed by atoms with E-state index in [4.69, 9.17) is 4.74 Å². The van der Waals surface area contributed by atoms with Gasteiger partial charge in [-0.1, -0.05) is 30.3 Å². The van der Waals surface area contributed by atoms with Gasteiger partial charge < -0.3 is 14.6 Å². The van der Waals surface area contributed by atoms with E-state index >= 15 is 0 Å². The van der Waals surface area contributed by atoms with E-state index in [9.17, 15) is 9.59 Å². The Balaban J connectivity index is 1.32. The number of Topliss-reactive ketones (excluding diaryl/α,β-unsaturated/α-hetero) is 1. The van der Waals surface area contributed by atoms with Crippen molar-refractivity contribution in [2.75, 3.05) is 20.2 Å². The van der Waals surface area contributed by atoms with Gasteiger partial charge >= 0.3 is 5.97 Å². The highest BCUT2D eigenvalue weighted by molar-refractivity contribution is 5.95. The Morgan fingerprint density at radius 3 is 2.65 bits per heavy atom. The number of nitrogens with zero attached hydrogens (tertiary/aromatic N) is 1. The lowest BCUT2D eigenvalue weighted by Crippen LogP contribution is -2.50. The van der Waals surface area contributed by atoms with Crippen molar-refractivity contribution >= 4 is 22.7 Å². The Kier molecular flexibility index (Phi) is 4.94. The summed E-state index contributed by atoms with van der Waals surface area (Å²) in [5.41, 5.74) is 6.18. The molecule has 0 spiro atoms. The molecule has 1 unspecified atom stereocenters. The molecule has 5 nitrogen and oxygen atoms in total. The number of aromatic amines is 1. The maximum atomic E-state index is 13.1. The molecule has 2 aromatic carbocycles. The third-order valence-electron chi connectivity index (χ3n) is 7.21. The predicted molar refractivity (Wildman–Crippen MR) is 120 cm³/mol. The van der Waals surface area contributed by atoms with Crippen molar-refractivity contribution in [3.63, 3.8) is 0 Å². The number of nitrogens with one attached hydrogen (secondary N) is 1. The van der Waals surface area contributed by atoms with E-state index in [0.29, 0.717) is 24.1 Å². The fourth-order valence-corrected chi connectivity index (χ4v) is 5.64. The van der Waals surface area contributed by atoms with Crippen molar-refractivity contribution < 1.29 is 14.3 Å². The highest BCUT2D eigenvalue weighted by Crippen LogP contribution is 2.44. The molecule has 1 aliphatic heterocycles. The first kappa shape index (κ1) is 20.0. The lowest BCUT2D eigenvalue weighted by molar-refractivity contribution is -0.128. The van der Waals surface area contributed by atoms with Crippen molar-refractivity contribution in [2.24, 2.45) is 5.92 Å². The zero-order valence-electron chi connectivity index (χ0n) is 18.3. The fourth-order valence-electron chi connectivity index (χ4n) is 5.64. The molecule has 0 radical (unpaired) electrons. The summed E-state index contributed by atoms with van der Waals surface area (Å²) in [5.74, 6) is -0.218. The molecule has 160 valence electrons. The monoisotopic (exact) mass is 416 g/mol. The second-order valence-electron chi connectivity index (χ2n) is 9.14. The zero-order chi connectivity index (χ0) is 21.7. The van der Waals surface area contributed by atoms with Crippen LogP contribution in [0.4, 0.5) is 0 Å². The Labute approximate surface area is 182 Å². The minimum absolute atomic E-state index is 0.0110. The minimum Gasteiger partial charge on any atom is -0.454 e. The van der Waals surface area contributed by atoms with Gasteiger partial charge in [0.05, 0.1) is 5.56 Å². The van der Waals surface area contributed by atoms with Gasteiger partial charge in [-0.3, -0.25) is 4.79 Å². The van der Waals surface area contributed by atoms with Gasteiger partial charge in [0.25, 0.3) is 0 Å². The maximum Gasteiger partial charge on any atom is 0.339 e. The number of likely N-dealkylation sites (tertiary alicyclic amines) is 1. The number of benzene rings is 2. The third-order valence-corrected chi connectivity index (χ3v) is 7.21. The van der Waals surface area contributed by atoms with E-state index in [1.165, 1.54) is 22.0 Å². The average molecular weight is 417 g/mol. The Hall–Kier alpha value is -2.92. The number of ketones is 1. The molecular weight excluding hydrogens is 388 g/mol. The van der Waals surface area contributed by atoms with E-state index in [2.05, 4.69) is 41.3 Å². The van der Waals surface area contributed by atoms with Gasteiger partial charge in [0.2, 0.25) is 0 Å². The largest absolute Gasteiger partial charge is 0.454 e. The van der Waals surface area contributed by atoms with Gasteiger partial charge in [-0.2, -0.15) is 0 Å². The van der Waals surface area contributed by atoms with Crippen molar-refractivity contribution in [1.29, 1.82) is 0 Å². The van der Waals surface area contributed by atoms with Crippen LogP contribution < -0.4 is 0 Å². The lowest BCUT2D eigenvalue weighted by Gasteiger charge is -2.45. The number of aryl methyl sites for hydroxylation is 2. The quantitative estimate of drug-likeness (QED) is 0.649. The van der Waals surface area contributed by atoms with Gasteiger partial charge in [-0.25, -0.2) is 4.79 Å². The molecular formula is C26H28N2O3. The standard InChI is InChI=1S/C26H28N2O3/c1-15-6-4-7-16(2)24(15)26(30)31-14-23(29)18-10-20-19-8-5-9-21-25(19)17(12-27-21)11-22(20)28(3)13-18/h4-9,12,18,20,22,27H,10-11,13-14H2,1-3H3/t18?,20-,22-/m1/s1. The number of piperidine rings is 1. The molecule has 5 rings (SSSR count). The van der Waals surface area contributed by atoms with E-state index in [-0.39, 0.29) is 18.3 Å². The number of rotatable bonds is 4. The number of carbonyl (C=O) groups is 2. The van der Waals surface area contributed by atoms with Crippen molar-refractivity contribution in [3.8, 4) is 0 Å². The first-order valence-electron chi connectivity index (χ1n) is 11.0. The predicted octanol–water partition coefficient (Wildman–Crippen LogP) is 4.17. The van der Waals surface area contributed by atoms with Crippen LogP contribution in [0.3, 0.4) is 0 Å². The first-order valence-corrected chi connectivity index (χ1v) is 11.0. The van der Waals surface area contributed by atoms with E-state index in [0.717, 1.165) is 24.0 Å². The molecule has 31 heavy (non-hydrogen) atoms. The Morgan fingerprint density at radius 1 is 1.13 bits per heavy atom. The summed E-state index contributed by atoms with van der Waals surface area (Å²) < 4.78 is 5.47. The van der Waals surface area contributed by atoms with Gasteiger partial charge in [-0.05, 0) is 62.1 Å². The summed E-state index contributed by atoms with van der Waals surface area (Å²) >= 11 is 0. The normalized spacial score (nSPS) is 22.9. The SMILES string of the molecule is Cc1cccc(C)c1C(=O)OCC(=O)C1C[C@@H]2c3cccc4[nH]cc(c34)C[C@H]2N(C)C1. The fraction of sp³-hybridized carbons (Fsp3) is 0.385. The number of ether oxygens (including phenoxy) is 1. The van der Waals surface area contributed by atoms with Gasteiger partial charge in [0.15, 0.2) is 12.4 Å². The van der Waals surface area contributed by atoms with Crippen LogP contribution in [0.2, 0.25) is 0 Å². The maximum absolute atomic E-state index is 13.1. The summed E-state index contributed by atoms with van der Waals surface area (Å²) in [7, 11) is 2.11. The number of hydrogen-bond acceptors (Lipinski definition) is 4. The summed E-state index contributed by atoms with van der Waals surface area (Å²) in [5, 5.41) is 1.33. The first-order chi connectivity index (χ1) is 14.9. The van der Waals surface area contributed by atoms with Crippen molar-refractivity contribution in [2.45, 2.75) is 38.6 Å². The summed E-state index contributed by atoms with van der Waals surface area (Å²) in [6, 6.07) is 12.5. The number of likely N-dealkylation sites (N-methyl/N-ethyl adjacent to an activating group) is 1. The second kappa shape index (κ2) is 7.65. The van der Waals surface area contributed by atoms with Gasteiger partial charge in [-0.15, -0.1) is 0 Å². The van der Waals surface area contributed by atoms with Crippen LogP contribution in [0, 0.1) is 19.8 Å². The highest BCUT2D eigenvalue weighted by Gasteiger charge is 2.41.